The predicted molar refractivity (Wildman–Crippen MR) is 260 cm³/mol. The maximum absolute atomic E-state index is 5.36. The summed E-state index contributed by atoms with van der Waals surface area (Å²) < 4.78 is 2.17. The Morgan fingerprint density at radius 3 is 1.25 bits per heavy atom. The number of hydrogen-bond acceptors (Lipinski definition) is 4. The summed E-state index contributed by atoms with van der Waals surface area (Å²) in [5.41, 5.74) is 11.2. The van der Waals surface area contributed by atoms with Crippen molar-refractivity contribution in [3.63, 3.8) is 0 Å². The minimum atomic E-state index is 0.480. The summed E-state index contributed by atoms with van der Waals surface area (Å²) >= 11 is 0. The van der Waals surface area contributed by atoms with Gasteiger partial charge in [-0.1, -0.05) is 176 Å². The number of fused-ring (bicyclic) bond motifs is 7. The minimum absolute atomic E-state index is 0.480. The molecule has 0 saturated carbocycles. The first-order valence-electron chi connectivity index (χ1n) is 21.2. The maximum Gasteiger partial charge on any atom is 0.200 e. The topological polar surface area (TPSA) is 56.5 Å². The Kier molecular flexibility index (Phi) is 8.75. The lowest BCUT2D eigenvalue weighted by molar-refractivity contribution is 1.01. The van der Waals surface area contributed by atoms with Gasteiger partial charge in [-0.05, 0) is 114 Å². The molecule has 0 amide bonds. The molecule has 0 saturated heterocycles. The van der Waals surface area contributed by atoms with Gasteiger partial charge in [0.15, 0.2) is 23.3 Å². The van der Waals surface area contributed by atoms with Crippen LogP contribution in [0.5, 0.6) is 0 Å². The second-order valence-corrected chi connectivity index (χ2v) is 15.9. The van der Waals surface area contributed by atoms with E-state index >= 15 is 0 Å². The third-order valence-electron chi connectivity index (χ3n) is 12.0. The van der Waals surface area contributed by atoms with Gasteiger partial charge in [0.2, 0.25) is 0 Å². The largest absolute Gasteiger partial charge is 0.290 e. The number of para-hydroxylation sites is 2. The summed E-state index contributed by atoms with van der Waals surface area (Å²) in [6.07, 6.45) is 0. The number of hydrogen-bond donors (Lipinski definition) is 0. The van der Waals surface area contributed by atoms with E-state index in [9.17, 15) is 0 Å². The van der Waals surface area contributed by atoms with Crippen LogP contribution in [0, 0.1) is 0 Å². The van der Waals surface area contributed by atoms with E-state index in [2.05, 4.69) is 199 Å². The first-order chi connectivity index (χ1) is 31.2. The highest BCUT2D eigenvalue weighted by Gasteiger charge is 2.22. The van der Waals surface area contributed by atoms with Crippen LogP contribution >= 0.6 is 0 Å². The molecule has 0 fully saturated rings. The molecule has 2 heterocycles. The Balaban J connectivity index is 1.11. The lowest BCUT2D eigenvalue weighted by atomic mass is 9.93. The Morgan fingerprint density at radius 2 is 0.667 bits per heavy atom. The fraction of sp³-hybridized carbons (Fsp3) is 0. The fourth-order valence-electron chi connectivity index (χ4n) is 9.00. The van der Waals surface area contributed by atoms with E-state index in [4.69, 9.17) is 19.9 Å². The first kappa shape index (κ1) is 36.3. The molecule has 0 aliphatic rings. The number of imidazole rings is 1. The van der Waals surface area contributed by atoms with Gasteiger partial charge < -0.3 is 0 Å². The smallest absolute Gasteiger partial charge is 0.200 e. The van der Waals surface area contributed by atoms with Crippen LogP contribution in [0.15, 0.2) is 224 Å². The molecule has 10 aromatic carbocycles. The van der Waals surface area contributed by atoms with Crippen LogP contribution < -0.4 is 0 Å². The molecule has 5 nitrogen and oxygen atoms in total. The molecule has 0 aliphatic carbocycles. The summed E-state index contributed by atoms with van der Waals surface area (Å²) in [4.78, 5) is 21.3. The average Bonchev–Trinajstić information content (AvgIpc) is 3.77. The Bertz CT molecular complexity index is 3560. The Morgan fingerprint density at radius 1 is 0.254 bits per heavy atom. The quantitative estimate of drug-likeness (QED) is 0.151. The van der Waals surface area contributed by atoms with Gasteiger partial charge in [0.05, 0.1) is 11.0 Å². The molecule has 0 unspecified atom stereocenters. The van der Waals surface area contributed by atoms with Crippen molar-refractivity contribution in [1.82, 2.24) is 24.5 Å². The normalized spacial score (nSPS) is 11.5. The van der Waals surface area contributed by atoms with E-state index in [1.807, 2.05) is 30.3 Å². The molecule has 12 rings (SSSR count). The number of nitrogens with zero attached hydrogens (tertiary/aromatic N) is 5. The van der Waals surface area contributed by atoms with Gasteiger partial charge in [-0.25, -0.2) is 19.9 Å². The molecule has 0 atom stereocenters. The molecule has 2 aromatic heterocycles. The van der Waals surface area contributed by atoms with Gasteiger partial charge in [0.25, 0.3) is 0 Å². The van der Waals surface area contributed by atoms with E-state index in [0.717, 1.165) is 66.6 Å². The number of rotatable bonds is 7. The predicted octanol–water partition coefficient (Wildman–Crippen LogP) is 14.7. The van der Waals surface area contributed by atoms with E-state index in [0.29, 0.717) is 23.3 Å². The lowest BCUT2D eigenvalue weighted by Crippen LogP contribution is -2.05. The second-order valence-electron chi connectivity index (χ2n) is 15.9. The van der Waals surface area contributed by atoms with Crippen LogP contribution in [0.2, 0.25) is 0 Å². The zero-order valence-electron chi connectivity index (χ0n) is 34.1. The summed E-state index contributed by atoms with van der Waals surface area (Å²) in [6.45, 7) is 0. The van der Waals surface area contributed by atoms with Gasteiger partial charge in [-0.2, -0.15) is 0 Å². The van der Waals surface area contributed by atoms with Crippen LogP contribution in [0.4, 0.5) is 0 Å². The van der Waals surface area contributed by atoms with Crippen LogP contribution in [-0.2, 0) is 0 Å². The standard InChI is InChI=1S/C58H37N5/c1-4-16-38(17-5-1)41-28-31-46(32-29-41)63-54-27-15-14-26-53(54)59-58(63)57-61-55(42-30-33-51-49-24-11-10-22-47(49)48-23-12-13-25-50(48)52(51)37-42)60-56(62-57)45-35-43(39-18-6-2-7-19-39)34-44(36-45)40-20-8-3-9-21-40/h1-37H. The van der Waals surface area contributed by atoms with Crippen molar-refractivity contribution in [3.8, 4) is 73.5 Å². The molecule has 12 aromatic rings. The van der Waals surface area contributed by atoms with Crippen LogP contribution in [-0.4, -0.2) is 24.5 Å². The van der Waals surface area contributed by atoms with Gasteiger partial charge in [0.1, 0.15) is 0 Å². The molecule has 0 radical (unpaired) electrons. The van der Waals surface area contributed by atoms with Crippen molar-refractivity contribution in [2.45, 2.75) is 0 Å². The Hall–Kier alpha value is -8.54. The molecular formula is C58H37N5. The highest BCUT2D eigenvalue weighted by Crippen LogP contribution is 2.39. The van der Waals surface area contributed by atoms with Gasteiger partial charge >= 0.3 is 0 Å². The Labute approximate surface area is 364 Å². The van der Waals surface area contributed by atoms with E-state index in [1.165, 1.54) is 26.9 Å². The van der Waals surface area contributed by atoms with Crippen LogP contribution in [0.3, 0.4) is 0 Å². The molecule has 0 aliphatic heterocycles. The number of benzene rings is 10. The molecule has 63 heavy (non-hydrogen) atoms. The van der Waals surface area contributed by atoms with Gasteiger partial charge in [-0.15, -0.1) is 0 Å². The molecule has 5 heteroatoms. The summed E-state index contributed by atoms with van der Waals surface area (Å²) in [6, 6.07) is 78.8. The van der Waals surface area contributed by atoms with Gasteiger partial charge in [0, 0.05) is 16.8 Å². The van der Waals surface area contributed by atoms with Crippen molar-refractivity contribution in [1.29, 1.82) is 0 Å². The number of aromatic nitrogens is 5. The van der Waals surface area contributed by atoms with Gasteiger partial charge in [-0.3, -0.25) is 4.57 Å². The minimum Gasteiger partial charge on any atom is -0.290 e. The van der Waals surface area contributed by atoms with Crippen molar-refractivity contribution in [2.24, 2.45) is 0 Å². The fourth-order valence-corrected chi connectivity index (χ4v) is 9.00. The molecule has 0 bridgehead atoms. The van der Waals surface area contributed by atoms with E-state index < -0.39 is 0 Å². The molecule has 294 valence electrons. The highest BCUT2D eigenvalue weighted by atomic mass is 15.1. The zero-order chi connectivity index (χ0) is 41.7. The van der Waals surface area contributed by atoms with Crippen LogP contribution in [0.1, 0.15) is 0 Å². The van der Waals surface area contributed by atoms with Crippen molar-refractivity contribution < 1.29 is 0 Å². The van der Waals surface area contributed by atoms with Crippen molar-refractivity contribution >= 4 is 43.4 Å². The lowest BCUT2D eigenvalue weighted by Gasteiger charge is -2.14. The highest BCUT2D eigenvalue weighted by molar-refractivity contribution is 6.25. The second kappa shape index (κ2) is 15.2. The molecular weight excluding hydrogens is 767 g/mol. The monoisotopic (exact) mass is 803 g/mol. The average molecular weight is 804 g/mol. The molecule has 0 spiro atoms. The SMILES string of the molecule is c1ccc(-c2ccc(-n3c(-c4nc(-c5cc(-c6ccccc6)cc(-c6ccccc6)c5)nc(-c5ccc6c7ccccc7c7ccccc7c6c5)n4)nc4ccccc43)cc2)cc1. The van der Waals surface area contributed by atoms with Crippen LogP contribution in [0.25, 0.3) is 117 Å². The van der Waals surface area contributed by atoms with E-state index in [1.54, 1.807) is 0 Å². The molecule has 0 N–H and O–H groups in total. The first-order valence-corrected chi connectivity index (χ1v) is 21.2. The summed E-state index contributed by atoms with van der Waals surface area (Å²) in [5.74, 6) is 2.24. The summed E-state index contributed by atoms with van der Waals surface area (Å²) in [5, 5.41) is 7.19. The van der Waals surface area contributed by atoms with Crippen molar-refractivity contribution in [3.05, 3.63) is 224 Å². The zero-order valence-corrected chi connectivity index (χ0v) is 34.1. The van der Waals surface area contributed by atoms with E-state index in [-0.39, 0.29) is 0 Å². The maximum atomic E-state index is 5.36. The third kappa shape index (κ3) is 6.51. The van der Waals surface area contributed by atoms with Crippen molar-refractivity contribution in [2.75, 3.05) is 0 Å². The third-order valence-corrected chi connectivity index (χ3v) is 12.0. The summed E-state index contributed by atoms with van der Waals surface area (Å²) in [7, 11) is 0.